The predicted octanol–water partition coefficient (Wildman–Crippen LogP) is 1.56. The first kappa shape index (κ1) is 25.7. The standard InChI is InChI=1S/C19H22N6O4.C4H10/c1-29-16-4-2-3-14-13(16)9-15(23-14)19(28)22-10-17(26)24-25(8-6-20)11-12-5-7-21-18(12)27;1-4(2)3/h2-4,9,12,23H,5,7-8,10-11H2,1H3,(H,21,27)(H,22,28)(H,24,26);4H,1-3H3/t12-;/m0./s1. The number of aromatic amines is 1. The Kier molecular flexibility index (Phi) is 9.69. The zero-order valence-electron chi connectivity index (χ0n) is 19.5. The molecule has 0 bridgehead atoms. The van der Waals surface area contributed by atoms with Crippen molar-refractivity contribution in [2.45, 2.75) is 27.2 Å². The van der Waals surface area contributed by atoms with Gasteiger partial charge in [-0.1, -0.05) is 26.8 Å². The van der Waals surface area contributed by atoms with Gasteiger partial charge in [0.15, 0.2) is 0 Å². The number of benzene rings is 1. The van der Waals surface area contributed by atoms with Gasteiger partial charge in [0.25, 0.3) is 11.8 Å². The fourth-order valence-electron chi connectivity index (χ4n) is 3.22. The number of fused-ring (bicyclic) bond motifs is 1. The van der Waals surface area contributed by atoms with E-state index in [2.05, 4.69) is 41.8 Å². The lowest BCUT2D eigenvalue weighted by atomic mass is 10.1. The molecule has 1 aliphatic heterocycles. The molecule has 3 rings (SSSR count). The minimum Gasteiger partial charge on any atom is -0.496 e. The average molecular weight is 457 g/mol. The fraction of sp³-hybridized carbons (Fsp3) is 0.478. The van der Waals surface area contributed by atoms with Crippen molar-refractivity contribution >= 4 is 28.6 Å². The van der Waals surface area contributed by atoms with Gasteiger partial charge >= 0.3 is 0 Å². The first-order valence-electron chi connectivity index (χ1n) is 10.9. The molecule has 10 nitrogen and oxygen atoms in total. The Bertz CT molecular complexity index is 1010. The largest absolute Gasteiger partial charge is 0.496 e. The Hall–Kier alpha value is -3.58. The lowest BCUT2D eigenvalue weighted by Gasteiger charge is -2.22. The van der Waals surface area contributed by atoms with Crippen LogP contribution < -0.4 is 20.8 Å². The maximum atomic E-state index is 12.4. The number of amides is 3. The van der Waals surface area contributed by atoms with E-state index in [4.69, 9.17) is 10.00 Å². The van der Waals surface area contributed by atoms with Crippen LogP contribution in [0.2, 0.25) is 0 Å². The third-order valence-electron chi connectivity index (χ3n) is 4.65. The van der Waals surface area contributed by atoms with Crippen LogP contribution in [0.15, 0.2) is 24.3 Å². The summed E-state index contributed by atoms with van der Waals surface area (Å²) in [6.45, 7) is 6.99. The Balaban J connectivity index is 0.000000890. The zero-order valence-corrected chi connectivity index (χ0v) is 19.5. The molecule has 2 heterocycles. The summed E-state index contributed by atoms with van der Waals surface area (Å²) in [4.78, 5) is 39.2. The van der Waals surface area contributed by atoms with E-state index in [-0.39, 0.29) is 31.5 Å². The molecule has 3 amide bonds. The molecule has 1 fully saturated rings. The zero-order chi connectivity index (χ0) is 24.4. The van der Waals surface area contributed by atoms with Crippen LogP contribution >= 0.6 is 0 Å². The summed E-state index contributed by atoms with van der Waals surface area (Å²) < 4.78 is 5.27. The molecule has 1 aromatic heterocycles. The van der Waals surface area contributed by atoms with Crippen LogP contribution in [0.1, 0.15) is 37.7 Å². The topological polar surface area (TPSA) is 139 Å². The van der Waals surface area contributed by atoms with Crippen molar-refractivity contribution in [1.82, 2.24) is 26.1 Å². The fourth-order valence-corrected chi connectivity index (χ4v) is 3.22. The number of hydrazine groups is 1. The normalized spacial score (nSPS) is 14.9. The molecule has 0 saturated carbocycles. The minimum atomic E-state index is -0.485. The number of carbonyl (C=O) groups excluding carboxylic acids is 3. The SMILES string of the molecule is CC(C)C.COc1cccc2[nH]c(C(=O)NCC(=O)NN(CC#N)C[C@@H]3CCNC3=O)cc12. The van der Waals surface area contributed by atoms with Gasteiger partial charge in [0, 0.05) is 24.0 Å². The number of ether oxygens (including phenoxy) is 1. The first-order valence-corrected chi connectivity index (χ1v) is 10.9. The molecule has 33 heavy (non-hydrogen) atoms. The van der Waals surface area contributed by atoms with Crippen molar-refractivity contribution in [2.24, 2.45) is 11.8 Å². The minimum absolute atomic E-state index is 0.0642. The van der Waals surface area contributed by atoms with E-state index in [9.17, 15) is 14.4 Å². The molecule has 2 aromatic rings. The average Bonchev–Trinajstić information content (AvgIpc) is 3.38. The summed E-state index contributed by atoms with van der Waals surface area (Å²) in [5, 5.41) is 16.3. The van der Waals surface area contributed by atoms with Crippen molar-refractivity contribution in [1.29, 1.82) is 5.26 Å². The summed E-state index contributed by atoms with van der Waals surface area (Å²) in [6.07, 6.45) is 0.650. The van der Waals surface area contributed by atoms with Gasteiger partial charge in [-0.15, -0.1) is 0 Å². The van der Waals surface area contributed by atoms with E-state index < -0.39 is 11.8 Å². The molecule has 0 unspecified atom stereocenters. The van der Waals surface area contributed by atoms with Crippen molar-refractivity contribution in [3.05, 3.63) is 30.0 Å². The van der Waals surface area contributed by atoms with Crippen LogP contribution in [0, 0.1) is 23.2 Å². The number of aromatic nitrogens is 1. The Morgan fingerprint density at radius 1 is 1.33 bits per heavy atom. The number of methoxy groups -OCH3 is 1. The number of nitrogens with one attached hydrogen (secondary N) is 4. The van der Waals surface area contributed by atoms with Crippen molar-refractivity contribution in [2.75, 3.05) is 33.3 Å². The Morgan fingerprint density at radius 3 is 2.67 bits per heavy atom. The quantitative estimate of drug-likeness (QED) is 0.351. The van der Waals surface area contributed by atoms with Crippen molar-refractivity contribution in [3.8, 4) is 11.8 Å². The monoisotopic (exact) mass is 456 g/mol. The van der Waals surface area contributed by atoms with Crippen LogP contribution in [0.3, 0.4) is 0 Å². The third-order valence-corrected chi connectivity index (χ3v) is 4.65. The van der Waals surface area contributed by atoms with Gasteiger partial charge in [-0.25, -0.2) is 5.01 Å². The molecule has 1 saturated heterocycles. The van der Waals surface area contributed by atoms with E-state index in [1.165, 1.54) is 5.01 Å². The number of hydrogen-bond donors (Lipinski definition) is 4. The highest BCUT2D eigenvalue weighted by atomic mass is 16.5. The van der Waals surface area contributed by atoms with Crippen LogP contribution in [0.4, 0.5) is 0 Å². The molecule has 0 spiro atoms. The summed E-state index contributed by atoms with van der Waals surface area (Å²) in [7, 11) is 1.55. The van der Waals surface area contributed by atoms with Crippen molar-refractivity contribution < 1.29 is 19.1 Å². The van der Waals surface area contributed by atoms with Gasteiger partial charge in [-0.3, -0.25) is 19.8 Å². The molecule has 4 N–H and O–H groups in total. The molecule has 1 atom stereocenters. The smallest absolute Gasteiger partial charge is 0.268 e. The summed E-state index contributed by atoms with van der Waals surface area (Å²) in [5.41, 5.74) is 3.61. The molecule has 1 aliphatic rings. The molecule has 0 aliphatic carbocycles. The highest BCUT2D eigenvalue weighted by Crippen LogP contribution is 2.25. The summed E-state index contributed by atoms with van der Waals surface area (Å²) in [6, 6.07) is 9.03. The second kappa shape index (κ2) is 12.5. The van der Waals surface area contributed by atoms with E-state index in [1.54, 1.807) is 25.3 Å². The van der Waals surface area contributed by atoms with Crippen LogP contribution in [0.25, 0.3) is 10.9 Å². The van der Waals surface area contributed by atoms with E-state index >= 15 is 0 Å². The second-order valence-corrected chi connectivity index (χ2v) is 8.37. The van der Waals surface area contributed by atoms with E-state index in [0.717, 1.165) is 16.8 Å². The predicted molar refractivity (Wildman–Crippen MR) is 124 cm³/mol. The van der Waals surface area contributed by atoms with Gasteiger partial charge in [0.05, 0.1) is 25.6 Å². The van der Waals surface area contributed by atoms with Gasteiger partial charge in [-0.2, -0.15) is 5.26 Å². The molecular formula is C23H32N6O4. The summed E-state index contributed by atoms with van der Waals surface area (Å²) >= 11 is 0. The highest BCUT2D eigenvalue weighted by Gasteiger charge is 2.27. The Morgan fingerprint density at radius 2 is 2.06 bits per heavy atom. The van der Waals surface area contributed by atoms with Gasteiger partial charge in [0.2, 0.25) is 5.91 Å². The van der Waals surface area contributed by atoms with E-state index in [0.29, 0.717) is 24.4 Å². The van der Waals surface area contributed by atoms with Crippen LogP contribution in [-0.2, 0) is 9.59 Å². The molecular weight excluding hydrogens is 424 g/mol. The molecule has 10 heteroatoms. The Labute approximate surface area is 193 Å². The first-order chi connectivity index (χ1) is 15.7. The number of rotatable bonds is 8. The second-order valence-electron chi connectivity index (χ2n) is 8.37. The summed E-state index contributed by atoms with van der Waals surface area (Å²) in [5.74, 6) is 0.170. The number of hydrogen-bond acceptors (Lipinski definition) is 6. The van der Waals surface area contributed by atoms with Crippen molar-refractivity contribution in [3.63, 3.8) is 0 Å². The van der Waals surface area contributed by atoms with Crippen LogP contribution in [-0.4, -0.2) is 61.0 Å². The maximum absolute atomic E-state index is 12.4. The van der Waals surface area contributed by atoms with Gasteiger partial charge in [0.1, 0.15) is 18.0 Å². The molecule has 1 aromatic carbocycles. The number of nitrogens with zero attached hydrogens (tertiary/aromatic N) is 2. The molecule has 178 valence electrons. The highest BCUT2D eigenvalue weighted by molar-refractivity contribution is 6.00. The van der Waals surface area contributed by atoms with Gasteiger partial charge < -0.3 is 20.4 Å². The maximum Gasteiger partial charge on any atom is 0.268 e. The number of nitriles is 1. The lowest BCUT2D eigenvalue weighted by Crippen LogP contribution is -2.49. The number of H-pyrrole nitrogens is 1. The van der Waals surface area contributed by atoms with Gasteiger partial charge in [-0.05, 0) is 30.5 Å². The third kappa shape index (κ3) is 7.80. The lowest BCUT2D eigenvalue weighted by molar-refractivity contribution is -0.127. The van der Waals surface area contributed by atoms with E-state index in [1.807, 2.05) is 12.1 Å². The molecule has 0 radical (unpaired) electrons. The number of carbonyl (C=O) groups is 3. The van der Waals surface area contributed by atoms with Crippen LogP contribution in [0.5, 0.6) is 5.75 Å².